The number of anilines is 2. The van der Waals surface area contributed by atoms with Gasteiger partial charge in [0.15, 0.2) is 5.71 Å². The molecule has 0 saturated carbocycles. The number of nitrogens with one attached hydrogen (secondary N) is 2. The first-order valence-corrected chi connectivity index (χ1v) is 7.00. The van der Waals surface area contributed by atoms with Crippen molar-refractivity contribution >= 4 is 28.7 Å². The lowest BCUT2D eigenvalue weighted by Gasteiger charge is -2.14. The van der Waals surface area contributed by atoms with Crippen LogP contribution in [0, 0.1) is 10.1 Å². The number of hydrazone groups is 1. The lowest BCUT2D eigenvalue weighted by Crippen LogP contribution is -2.34. The van der Waals surface area contributed by atoms with Crippen LogP contribution in [0.2, 0.25) is 0 Å². The Morgan fingerprint density at radius 3 is 2.62 bits per heavy atom. The third-order valence-corrected chi connectivity index (χ3v) is 3.31. The zero-order chi connectivity index (χ0) is 17.1. The van der Waals surface area contributed by atoms with E-state index in [9.17, 15) is 14.9 Å². The highest BCUT2D eigenvalue weighted by Crippen LogP contribution is 2.20. The molecule has 1 saturated heterocycles. The van der Waals surface area contributed by atoms with E-state index >= 15 is 0 Å². The topological polar surface area (TPSA) is 99.9 Å². The van der Waals surface area contributed by atoms with Gasteiger partial charge in [0, 0.05) is 12.1 Å². The fourth-order valence-corrected chi connectivity index (χ4v) is 2.16. The van der Waals surface area contributed by atoms with Crippen LogP contribution in [0.5, 0.6) is 0 Å². The number of hydrogen-bond acceptors (Lipinski definition) is 6. The predicted octanol–water partition coefficient (Wildman–Crippen LogP) is 2.43. The Labute approximate surface area is 137 Å². The van der Waals surface area contributed by atoms with Gasteiger partial charge in [-0.05, 0) is 18.2 Å². The molecule has 2 N–H and O–H groups in total. The van der Waals surface area contributed by atoms with E-state index in [2.05, 4.69) is 22.5 Å². The summed E-state index contributed by atoms with van der Waals surface area (Å²) in [6.07, 6.45) is 0. The summed E-state index contributed by atoms with van der Waals surface area (Å²) in [5, 5.41) is 16.1. The van der Waals surface area contributed by atoms with Crippen LogP contribution in [0.1, 0.15) is 0 Å². The van der Waals surface area contributed by atoms with Crippen LogP contribution in [0.3, 0.4) is 0 Å². The van der Waals surface area contributed by atoms with Gasteiger partial charge in [0.2, 0.25) is 0 Å². The summed E-state index contributed by atoms with van der Waals surface area (Å²) in [7, 11) is 0. The maximum absolute atomic E-state index is 12.4. The third kappa shape index (κ3) is 2.93. The van der Waals surface area contributed by atoms with Crippen molar-refractivity contribution in [3.05, 3.63) is 77.0 Å². The van der Waals surface area contributed by atoms with Gasteiger partial charge in [0.1, 0.15) is 0 Å². The zero-order valence-corrected chi connectivity index (χ0v) is 12.5. The maximum Gasteiger partial charge on any atom is 0.299 e. The number of para-hydroxylation sites is 1. The number of amides is 1. The molecule has 1 fully saturated rings. The van der Waals surface area contributed by atoms with Gasteiger partial charge in [-0.15, -0.1) is 0 Å². The molecule has 0 aromatic heterocycles. The molecule has 0 radical (unpaired) electrons. The number of nitro benzene ring substituents is 1. The molecule has 0 spiro atoms. The molecule has 3 rings (SSSR count). The van der Waals surface area contributed by atoms with Gasteiger partial charge in [0.05, 0.1) is 22.0 Å². The average molecular weight is 323 g/mol. The number of non-ortho nitro benzene ring substituents is 1. The Kier molecular flexibility index (Phi) is 3.94. The van der Waals surface area contributed by atoms with E-state index in [1.807, 2.05) is 18.2 Å². The van der Waals surface area contributed by atoms with Crippen molar-refractivity contribution in [3.8, 4) is 0 Å². The molecule has 0 aliphatic carbocycles. The predicted molar refractivity (Wildman–Crippen MR) is 90.4 cm³/mol. The Morgan fingerprint density at radius 2 is 1.92 bits per heavy atom. The molecule has 1 heterocycles. The Morgan fingerprint density at radius 1 is 1.17 bits per heavy atom. The zero-order valence-electron chi connectivity index (χ0n) is 12.5. The van der Waals surface area contributed by atoms with Crippen LogP contribution in [0.15, 0.2) is 72.0 Å². The second kappa shape index (κ2) is 6.21. The number of carbonyl (C=O) groups is 1. The highest BCUT2D eigenvalue weighted by Gasteiger charge is 2.32. The highest BCUT2D eigenvalue weighted by molar-refractivity contribution is 6.51. The van der Waals surface area contributed by atoms with Crippen LogP contribution in [-0.2, 0) is 4.79 Å². The van der Waals surface area contributed by atoms with Crippen molar-refractivity contribution in [2.75, 3.05) is 10.4 Å². The molecular formula is C16H13N5O3. The third-order valence-electron chi connectivity index (χ3n) is 3.31. The SMILES string of the molecule is C=C1NN(c2ccccc2)C(=O)C1=NNc1cccc([N+](=O)[O-])c1. The molecular weight excluding hydrogens is 310 g/mol. The molecule has 120 valence electrons. The molecule has 0 unspecified atom stereocenters. The largest absolute Gasteiger partial charge is 0.299 e. The summed E-state index contributed by atoms with van der Waals surface area (Å²) < 4.78 is 0. The summed E-state index contributed by atoms with van der Waals surface area (Å²) in [5.74, 6) is -0.371. The van der Waals surface area contributed by atoms with E-state index in [4.69, 9.17) is 0 Å². The fourth-order valence-electron chi connectivity index (χ4n) is 2.16. The number of nitro groups is 1. The van der Waals surface area contributed by atoms with E-state index in [0.717, 1.165) is 0 Å². The number of nitrogens with zero attached hydrogens (tertiary/aromatic N) is 3. The summed E-state index contributed by atoms with van der Waals surface area (Å²) in [4.78, 5) is 22.7. The molecule has 24 heavy (non-hydrogen) atoms. The second-order valence-electron chi connectivity index (χ2n) is 4.95. The maximum atomic E-state index is 12.4. The molecule has 8 heteroatoms. The van der Waals surface area contributed by atoms with Crippen LogP contribution in [0.25, 0.3) is 0 Å². The summed E-state index contributed by atoms with van der Waals surface area (Å²) in [6.45, 7) is 3.77. The first-order valence-electron chi connectivity index (χ1n) is 7.00. The molecule has 0 atom stereocenters. The van der Waals surface area contributed by atoms with E-state index in [-0.39, 0.29) is 17.3 Å². The molecule has 1 amide bonds. The van der Waals surface area contributed by atoms with Crippen molar-refractivity contribution in [1.29, 1.82) is 0 Å². The molecule has 1 aliphatic heterocycles. The van der Waals surface area contributed by atoms with Gasteiger partial charge < -0.3 is 0 Å². The quantitative estimate of drug-likeness (QED) is 0.665. The lowest BCUT2D eigenvalue weighted by molar-refractivity contribution is -0.384. The molecule has 2 aromatic rings. The number of hydrazine groups is 1. The van der Waals surface area contributed by atoms with Crippen molar-refractivity contribution in [1.82, 2.24) is 5.43 Å². The van der Waals surface area contributed by atoms with Gasteiger partial charge in [-0.25, -0.2) is 5.01 Å². The van der Waals surface area contributed by atoms with Crippen LogP contribution < -0.4 is 15.9 Å². The normalized spacial score (nSPS) is 15.5. The van der Waals surface area contributed by atoms with Crippen LogP contribution >= 0.6 is 0 Å². The first-order chi connectivity index (χ1) is 11.6. The first kappa shape index (κ1) is 15.2. The minimum Gasteiger partial charge on any atom is -0.289 e. The monoisotopic (exact) mass is 323 g/mol. The minimum atomic E-state index is -0.503. The van der Waals surface area contributed by atoms with Gasteiger partial charge >= 0.3 is 0 Å². The van der Waals surface area contributed by atoms with Crippen LogP contribution in [0.4, 0.5) is 17.1 Å². The van der Waals surface area contributed by atoms with Gasteiger partial charge in [-0.3, -0.25) is 25.8 Å². The van der Waals surface area contributed by atoms with E-state index in [0.29, 0.717) is 17.1 Å². The Balaban J connectivity index is 1.81. The summed E-state index contributed by atoms with van der Waals surface area (Å²) in [5.41, 5.74) is 6.92. The lowest BCUT2D eigenvalue weighted by atomic mass is 10.3. The highest BCUT2D eigenvalue weighted by atomic mass is 16.6. The summed E-state index contributed by atoms with van der Waals surface area (Å²) >= 11 is 0. The van der Waals surface area contributed by atoms with Gasteiger partial charge in [-0.2, -0.15) is 5.10 Å². The molecule has 2 aromatic carbocycles. The van der Waals surface area contributed by atoms with Crippen molar-refractivity contribution in [2.45, 2.75) is 0 Å². The minimum absolute atomic E-state index is 0.0687. The van der Waals surface area contributed by atoms with E-state index < -0.39 is 4.92 Å². The van der Waals surface area contributed by atoms with Gasteiger partial charge in [-0.1, -0.05) is 30.8 Å². The molecule has 8 nitrogen and oxygen atoms in total. The Bertz CT molecular complexity index is 848. The average Bonchev–Trinajstić information content (AvgIpc) is 2.88. The fraction of sp³-hybridized carbons (Fsp3) is 0. The van der Waals surface area contributed by atoms with Gasteiger partial charge in [0.25, 0.3) is 11.6 Å². The van der Waals surface area contributed by atoms with Crippen molar-refractivity contribution < 1.29 is 9.72 Å². The van der Waals surface area contributed by atoms with Crippen molar-refractivity contribution in [3.63, 3.8) is 0 Å². The number of benzene rings is 2. The standard InChI is InChI=1S/C16H13N5O3/c1-11-15(16(22)20(19-11)13-7-3-2-4-8-13)18-17-12-6-5-9-14(10-12)21(23)24/h2-10,17,19H,1H2. The molecule has 0 bridgehead atoms. The number of hydrogen-bond donors (Lipinski definition) is 2. The van der Waals surface area contributed by atoms with E-state index in [1.54, 1.807) is 18.2 Å². The summed E-state index contributed by atoms with van der Waals surface area (Å²) in [6, 6.07) is 14.8. The van der Waals surface area contributed by atoms with Crippen molar-refractivity contribution in [2.24, 2.45) is 5.10 Å². The number of rotatable bonds is 4. The second-order valence-corrected chi connectivity index (χ2v) is 4.95. The molecule has 1 aliphatic rings. The number of carbonyl (C=O) groups excluding carboxylic acids is 1. The smallest absolute Gasteiger partial charge is 0.289 e. The van der Waals surface area contributed by atoms with E-state index in [1.165, 1.54) is 23.2 Å². The Hall–Kier alpha value is -3.68. The van der Waals surface area contributed by atoms with Crippen LogP contribution in [-0.4, -0.2) is 16.5 Å².